The van der Waals surface area contributed by atoms with Gasteiger partial charge in [-0.2, -0.15) is 0 Å². The molecule has 0 radical (unpaired) electrons. The number of rotatable bonds is 3. The molecule has 1 aromatic carbocycles. The summed E-state index contributed by atoms with van der Waals surface area (Å²) < 4.78 is 4.57. The van der Waals surface area contributed by atoms with Gasteiger partial charge in [0.15, 0.2) is 5.78 Å². The average molecular weight is 306 g/mol. The first-order valence-corrected chi connectivity index (χ1v) is 5.83. The fourth-order valence-corrected chi connectivity index (χ4v) is 1.63. The SMILES string of the molecule is COC(=O)c1cc(C(=O)C(C)Br)ccc1Cl. The van der Waals surface area contributed by atoms with Crippen molar-refractivity contribution in [2.45, 2.75) is 11.8 Å². The second kappa shape index (κ2) is 5.46. The molecule has 0 aliphatic rings. The third-order valence-corrected chi connectivity index (χ3v) is 2.76. The molecule has 0 N–H and O–H groups in total. The van der Waals surface area contributed by atoms with Crippen molar-refractivity contribution in [3.8, 4) is 0 Å². The van der Waals surface area contributed by atoms with Crippen LogP contribution in [-0.2, 0) is 4.74 Å². The molecule has 0 aliphatic carbocycles. The molecule has 0 saturated carbocycles. The number of hydrogen-bond donors (Lipinski definition) is 0. The predicted octanol–water partition coefficient (Wildman–Crippen LogP) is 3.09. The number of ketones is 1. The van der Waals surface area contributed by atoms with Crippen molar-refractivity contribution in [1.29, 1.82) is 0 Å². The first-order chi connectivity index (χ1) is 7.47. The van der Waals surface area contributed by atoms with E-state index in [0.717, 1.165) is 0 Å². The van der Waals surface area contributed by atoms with Gasteiger partial charge in [0.25, 0.3) is 0 Å². The van der Waals surface area contributed by atoms with Gasteiger partial charge in [0.05, 0.1) is 22.5 Å². The molecular weight excluding hydrogens is 295 g/mol. The maximum Gasteiger partial charge on any atom is 0.339 e. The number of carbonyl (C=O) groups excluding carboxylic acids is 2. The first kappa shape index (κ1) is 13.2. The molecule has 1 rings (SSSR count). The van der Waals surface area contributed by atoms with Gasteiger partial charge in [-0.15, -0.1) is 0 Å². The summed E-state index contributed by atoms with van der Waals surface area (Å²) >= 11 is 9.01. The fourth-order valence-electron chi connectivity index (χ4n) is 1.17. The lowest BCUT2D eigenvalue weighted by Crippen LogP contribution is -2.11. The minimum absolute atomic E-state index is 0.109. The van der Waals surface area contributed by atoms with E-state index in [2.05, 4.69) is 20.7 Å². The lowest BCUT2D eigenvalue weighted by atomic mass is 10.1. The van der Waals surface area contributed by atoms with E-state index in [4.69, 9.17) is 11.6 Å². The van der Waals surface area contributed by atoms with Gasteiger partial charge in [-0.25, -0.2) is 4.79 Å². The van der Waals surface area contributed by atoms with Crippen LogP contribution in [0.4, 0.5) is 0 Å². The Hall–Kier alpha value is -0.870. The molecule has 0 bridgehead atoms. The third kappa shape index (κ3) is 2.83. The van der Waals surface area contributed by atoms with Crippen molar-refractivity contribution in [2.75, 3.05) is 7.11 Å². The van der Waals surface area contributed by atoms with Gasteiger partial charge < -0.3 is 4.74 Å². The molecule has 86 valence electrons. The van der Waals surface area contributed by atoms with E-state index >= 15 is 0 Å². The van der Waals surface area contributed by atoms with Crippen LogP contribution < -0.4 is 0 Å². The van der Waals surface area contributed by atoms with Crippen molar-refractivity contribution in [3.05, 3.63) is 34.3 Å². The number of ether oxygens (including phenoxy) is 1. The highest BCUT2D eigenvalue weighted by Crippen LogP contribution is 2.20. The van der Waals surface area contributed by atoms with Crippen molar-refractivity contribution in [1.82, 2.24) is 0 Å². The summed E-state index contributed by atoms with van der Waals surface area (Å²) in [6, 6.07) is 4.53. The maximum atomic E-state index is 11.7. The Labute approximate surface area is 107 Å². The molecule has 0 spiro atoms. The van der Waals surface area contributed by atoms with Crippen LogP contribution in [0.3, 0.4) is 0 Å². The third-order valence-electron chi connectivity index (χ3n) is 2.02. The summed E-state index contributed by atoms with van der Waals surface area (Å²) in [5.74, 6) is -0.663. The van der Waals surface area contributed by atoms with E-state index in [9.17, 15) is 9.59 Å². The molecule has 16 heavy (non-hydrogen) atoms. The molecule has 0 aromatic heterocycles. The predicted molar refractivity (Wildman–Crippen MR) is 65.5 cm³/mol. The number of methoxy groups -OCH3 is 1. The quantitative estimate of drug-likeness (QED) is 0.489. The average Bonchev–Trinajstić information content (AvgIpc) is 2.27. The Morgan fingerprint density at radius 2 is 2.06 bits per heavy atom. The lowest BCUT2D eigenvalue weighted by Gasteiger charge is -2.06. The van der Waals surface area contributed by atoms with Crippen molar-refractivity contribution in [2.24, 2.45) is 0 Å². The number of benzene rings is 1. The van der Waals surface area contributed by atoms with Gasteiger partial charge in [0.1, 0.15) is 0 Å². The van der Waals surface area contributed by atoms with Crippen LogP contribution in [0.5, 0.6) is 0 Å². The number of hydrogen-bond acceptors (Lipinski definition) is 3. The fraction of sp³-hybridized carbons (Fsp3) is 0.273. The number of alkyl halides is 1. The van der Waals surface area contributed by atoms with E-state index in [0.29, 0.717) is 5.56 Å². The zero-order valence-electron chi connectivity index (χ0n) is 8.79. The molecule has 0 aliphatic heterocycles. The highest BCUT2D eigenvalue weighted by atomic mass is 79.9. The minimum atomic E-state index is -0.554. The molecule has 0 heterocycles. The van der Waals surface area contributed by atoms with Crippen LogP contribution in [0.1, 0.15) is 27.6 Å². The highest BCUT2D eigenvalue weighted by Gasteiger charge is 2.17. The highest BCUT2D eigenvalue weighted by molar-refractivity contribution is 9.10. The summed E-state index contributed by atoms with van der Waals surface area (Å²) in [6.45, 7) is 1.72. The molecule has 3 nitrogen and oxygen atoms in total. The van der Waals surface area contributed by atoms with Crippen LogP contribution in [0.25, 0.3) is 0 Å². The van der Waals surface area contributed by atoms with Gasteiger partial charge in [0.2, 0.25) is 0 Å². The van der Waals surface area contributed by atoms with Crippen LogP contribution >= 0.6 is 27.5 Å². The smallest absolute Gasteiger partial charge is 0.339 e. The zero-order valence-corrected chi connectivity index (χ0v) is 11.1. The lowest BCUT2D eigenvalue weighted by molar-refractivity contribution is 0.0601. The molecule has 1 unspecified atom stereocenters. The molecule has 5 heteroatoms. The van der Waals surface area contributed by atoms with E-state index in [1.54, 1.807) is 13.0 Å². The van der Waals surface area contributed by atoms with Crippen LogP contribution in [0.15, 0.2) is 18.2 Å². The van der Waals surface area contributed by atoms with Gasteiger partial charge in [-0.05, 0) is 25.1 Å². The number of halogens is 2. The summed E-state index contributed by atoms with van der Waals surface area (Å²) in [5, 5.41) is 0.269. The van der Waals surface area contributed by atoms with E-state index in [1.165, 1.54) is 19.2 Å². The van der Waals surface area contributed by atoms with Gasteiger partial charge >= 0.3 is 5.97 Å². The number of esters is 1. The van der Waals surface area contributed by atoms with Crippen LogP contribution in [-0.4, -0.2) is 23.7 Å². The minimum Gasteiger partial charge on any atom is -0.465 e. The van der Waals surface area contributed by atoms with Crippen molar-refractivity contribution < 1.29 is 14.3 Å². The van der Waals surface area contributed by atoms with Gasteiger partial charge in [-0.3, -0.25) is 4.79 Å². The molecule has 0 fully saturated rings. The Bertz CT molecular complexity index is 429. The standard InChI is InChI=1S/C11H10BrClO3/c1-6(12)10(14)7-3-4-9(13)8(5-7)11(15)16-2/h3-6H,1-2H3. The van der Waals surface area contributed by atoms with Gasteiger partial charge in [0, 0.05) is 5.56 Å². The topological polar surface area (TPSA) is 43.4 Å². The monoisotopic (exact) mass is 304 g/mol. The Morgan fingerprint density at radius 1 is 1.44 bits per heavy atom. The second-order valence-electron chi connectivity index (χ2n) is 3.17. The Morgan fingerprint density at radius 3 is 2.56 bits per heavy atom. The van der Waals surface area contributed by atoms with E-state index in [1.807, 2.05) is 0 Å². The summed E-state index contributed by atoms with van der Waals surface area (Å²) in [4.78, 5) is 22.7. The zero-order chi connectivity index (χ0) is 12.3. The van der Waals surface area contributed by atoms with Crippen molar-refractivity contribution in [3.63, 3.8) is 0 Å². The van der Waals surface area contributed by atoms with E-state index < -0.39 is 5.97 Å². The van der Waals surface area contributed by atoms with Crippen LogP contribution in [0, 0.1) is 0 Å². The molecule has 0 amide bonds. The summed E-state index contributed by atoms with van der Waals surface area (Å²) in [7, 11) is 1.26. The van der Waals surface area contributed by atoms with Crippen LogP contribution in [0.2, 0.25) is 5.02 Å². The first-order valence-electron chi connectivity index (χ1n) is 4.53. The second-order valence-corrected chi connectivity index (χ2v) is 4.95. The summed E-state index contributed by atoms with van der Waals surface area (Å²) in [5.41, 5.74) is 0.623. The Balaban J connectivity index is 3.17. The molecule has 1 atom stereocenters. The molecule has 0 saturated heterocycles. The maximum absolute atomic E-state index is 11.7. The van der Waals surface area contributed by atoms with Crippen molar-refractivity contribution >= 4 is 39.3 Å². The summed E-state index contributed by atoms with van der Waals surface area (Å²) in [6.07, 6.45) is 0. The van der Waals surface area contributed by atoms with E-state index in [-0.39, 0.29) is 21.2 Å². The largest absolute Gasteiger partial charge is 0.465 e. The number of Topliss-reactive ketones (excluding diaryl/α,β-unsaturated/α-hetero) is 1. The normalized spacial score (nSPS) is 12.0. The molecular formula is C11H10BrClO3. The Kier molecular flexibility index (Phi) is 4.50. The van der Waals surface area contributed by atoms with Gasteiger partial charge in [-0.1, -0.05) is 27.5 Å². The molecule has 1 aromatic rings. The number of carbonyl (C=O) groups is 2.